The second kappa shape index (κ2) is 11.2. The maximum atomic E-state index is 13.2. The van der Waals surface area contributed by atoms with Gasteiger partial charge in [-0.15, -0.1) is 0 Å². The first-order valence-corrected chi connectivity index (χ1v) is 10.6. The van der Waals surface area contributed by atoms with Gasteiger partial charge in [-0.05, 0) is 53.9 Å². The molecule has 0 aliphatic heterocycles. The van der Waals surface area contributed by atoms with Gasteiger partial charge < -0.3 is 10.6 Å². The van der Waals surface area contributed by atoms with Crippen LogP contribution in [0.15, 0.2) is 77.8 Å². The van der Waals surface area contributed by atoms with E-state index in [1.54, 1.807) is 12.3 Å². The Balaban J connectivity index is 1.72. The number of pyridine rings is 1. The van der Waals surface area contributed by atoms with Crippen LogP contribution in [0.1, 0.15) is 22.8 Å². The molecule has 8 heteroatoms. The Kier molecular flexibility index (Phi) is 8.14. The molecule has 3 aromatic rings. The van der Waals surface area contributed by atoms with Crippen molar-refractivity contribution >= 4 is 29.6 Å². The zero-order valence-corrected chi connectivity index (χ0v) is 17.8. The summed E-state index contributed by atoms with van der Waals surface area (Å²) in [6.07, 6.45) is 1.96. The number of aromatic nitrogens is 1. The van der Waals surface area contributed by atoms with Gasteiger partial charge in [0.05, 0.1) is 0 Å². The third-order valence-corrected chi connectivity index (χ3v) is 5.24. The van der Waals surface area contributed by atoms with Gasteiger partial charge in [0, 0.05) is 29.6 Å². The molecule has 0 saturated heterocycles. The zero-order valence-electron chi connectivity index (χ0n) is 17.0. The Hall–Kier alpha value is -3.23. The number of hydrogen-bond acceptors (Lipinski definition) is 5. The van der Waals surface area contributed by atoms with Crippen molar-refractivity contribution in [1.82, 2.24) is 15.0 Å². The van der Waals surface area contributed by atoms with Crippen molar-refractivity contribution in [3.05, 3.63) is 89.9 Å². The molecule has 1 aromatic heterocycles. The molecule has 0 aliphatic carbocycles. The Morgan fingerprint density at radius 1 is 1.03 bits per heavy atom. The van der Waals surface area contributed by atoms with E-state index in [2.05, 4.69) is 20.3 Å². The molecule has 31 heavy (non-hydrogen) atoms. The molecule has 6 nitrogen and oxygen atoms in total. The molecule has 3 rings (SSSR count). The second-order valence-electron chi connectivity index (χ2n) is 6.69. The van der Waals surface area contributed by atoms with Crippen LogP contribution in [0.3, 0.4) is 0 Å². The third kappa shape index (κ3) is 6.91. The van der Waals surface area contributed by atoms with Crippen LogP contribution in [-0.4, -0.2) is 29.4 Å². The molecule has 2 amide bonds. The minimum atomic E-state index is -0.836. The normalized spacial score (nSPS) is 11.5. The maximum Gasteiger partial charge on any atom is 0.251 e. The van der Waals surface area contributed by atoms with E-state index in [1.165, 1.54) is 36.2 Å². The number of rotatable bonds is 9. The lowest BCUT2D eigenvalue weighted by molar-refractivity contribution is -0.118. The van der Waals surface area contributed by atoms with Gasteiger partial charge in [0.15, 0.2) is 0 Å². The Morgan fingerprint density at radius 2 is 1.77 bits per heavy atom. The first kappa shape index (κ1) is 22.5. The highest BCUT2D eigenvalue weighted by molar-refractivity contribution is 7.97. The van der Waals surface area contributed by atoms with Crippen LogP contribution in [-0.2, 0) is 11.2 Å². The predicted octanol–water partition coefficient (Wildman–Crippen LogP) is 3.82. The van der Waals surface area contributed by atoms with E-state index >= 15 is 0 Å². The first-order chi connectivity index (χ1) is 15.0. The molecule has 0 radical (unpaired) electrons. The van der Waals surface area contributed by atoms with E-state index in [0.29, 0.717) is 12.2 Å². The minimum Gasteiger partial charge on any atom is -0.340 e. The van der Waals surface area contributed by atoms with Crippen LogP contribution >= 0.6 is 11.9 Å². The summed E-state index contributed by atoms with van der Waals surface area (Å²) in [6.45, 7) is 2.82. The number of benzene rings is 2. The first-order valence-electron chi connectivity index (χ1n) is 9.82. The van der Waals surface area contributed by atoms with Gasteiger partial charge in [-0.3, -0.25) is 14.3 Å². The topological polar surface area (TPSA) is 83.1 Å². The fourth-order valence-corrected chi connectivity index (χ4v) is 3.34. The summed E-state index contributed by atoms with van der Waals surface area (Å²) in [5.74, 6) is -0.891. The highest BCUT2D eigenvalue weighted by Gasteiger charge is 2.22. The van der Waals surface area contributed by atoms with Gasteiger partial charge >= 0.3 is 0 Å². The molecule has 2 aromatic carbocycles. The Bertz CT molecular complexity index is 998. The Morgan fingerprint density at radius 3 is 2.42 bits per heavy atom. The summed E-state index contributed by atoms with van der Waals surface area (Å²) < 4.78 is 16.3. The molecular weight excluding hydrogens is 415 g/mol. The van der Waals surface area contributed by atoms with Gasteiger partial charge in [0.25, 0.3) is 5.91 Å². The molecular formula is C23H23FN4O2S. The van der Waals surface area contributed by atoms with Crippen LogP contribution in [0.5, 0.6) is 0 Å². The number of nitrogens with one attached hydrogen (secondary N) is 3. The summed E-state index contributed by atoms with van der Waals surface area (Å²) in [5, 5.41) is 5.50. The zero-order chi connectivity index (χ0) is 22.1. The summed E-state index contributed by atoms with van der Waals surface area (Å²) in [5.41, 5.74) is 1.17. The lowest BCUT2D eigenvalue weighted by Gasteiger charge is -2.18. The van der Waals surface area contributed by atoms with E-state index in [0.717, 1.165) is 17.0 Å². The van der Waals surface area contributed by atoms with E-state index in [-0.39, 0.29) is 11.5 Å². The third-order valence-electron chi connectivity index (χ3n) is 4.33. The average Bonchev–Trinajstić information content (AvgIpc) is 2.79. The lowest BCUT2D eigenvalue weighted by atomic mass is 10.0. The molecule has 0 aliphatic rings. The number of nitrogens with zero attached hydrogens (tertiary/aromatic N) is 1. The van der Waals surface area contributed by atoms with E-state index < -0.39 is 17.8 Å². The van der Waals surface area contributed by atoms with Crippen molar-refractivity contribution in [3.63, 3.8) is 0 Å². The number of anilines is 1. The van der Waals surface area contributed by atoms with Crippen molar-refractivity contribution in [3.8, 4) is 0 Å². The molecule has 1 unspecified atom stereocenters. The van der Waals surface area contributed by atoms with E-state index in [1.807, 2.05) is 43.3 Å². The number of amides is 2. The number of hydrogen-bond donors (Lipinski definition) is 3. The smallest absolute Gasteiger partial charge is 0.251 e. The maximum absolute atomic E-state index is 13.2. The van der Waals surface area contributed by atoms with Crippen LogP contribution < -0.4 is 15.4 Å². The van der Waals surface area contributed by atoms with E-state index in [9.17, 15) is 14.0 Å². The van der Waals surface area contributed by atoms with E-state index in [4.69, 9.17) is 0 Å². The van der Waals surface area contributed by atoms with Gasteiger partial charge in [-0.1, -0.05) is 37.3 Å². The van der Waals surface area contributed by atoms with Gasteiger partial charge in [0.1, 0.15) is 17.7 Å². The molecule has 0 saturated carbocycles. The van der Waals surface area contributed by atoms with Crippen molar-refractivity contribution in [1.29, 1.82) is 0 Å². The van der Waals surface area contributed by atoms with Gasteiger partial charge in [-0.25, -0.2) is 9.37 Å². The standard InChI is InChI=1S/C23H23FN4O2S/c1-2-26-31-19-12-13-21(25-15-19)28-23(30)20(14-16-6-4-3-5-7-16)27-22(29)17-8-10-18(24)11-9-17/h3-13,15,20,26H,2,14H2,1H3,(H,27,29)(H,25,28,30). The summed E-state index contributed by atoms with van der Waals surface area (Å²) >= 11 is 1.45. The molecule has 1 heterocycles. The monoisotopic (exact) mass is 438 g/mol. The molecule has 0 spiro atoms. The van der Waals surface area contributed by atoms with Crippen molar-refractivity contribution < 1.29 is 14.0 Å². The quantitative estimate of drug-likeness (QED) is 0.443. The van der Waals surface area contributed by atoms with Gasteiger partial charge in [0.2, 0.25) is 5.91 Å². The van der Waals surface area contributed by atoms with Gasteiger partial charge in [-0.2, -0.15) is 0 Å². The largest absolute Gasteiger partial charge is 0.340 e. The number of carbonyl (C=O) groups excluding carboxylic acids is 2. The number of carbonyl (C=O) groups is 2. The summed E-state index contributed by atoms with van der Waals surface area (Å²) in [4.78, 5) is 30.8. The fourth-order valence-electron chi connectivity index (χ4n) is 2.79. The second-order valence-corrected chi connectivity index (χ2v) is 7.66. The highest BCUT2D eigenvalue weighted by Crippen LogP contribution is 2.15. The summed E-state index contributed by atoms with van der Waals surface area (Å²) in [6, 6.07) is 17.3. The average molecular weight is 439 g/mol. The molecule has 3 N–H and O–H groups in total. The summed E-state index contributed by atoms with van der Waals surface area (Å²) in [7, 11) is 0. The Labute approximate surface area is 184 Å². The molecule has 0 bridgehead atoms. The molecule has 0 fully saturated rings. The predicted molar refractivity (Wildman–Crippen MR) is 120 cm³/mol. The van der Waals surface area contributed by atoms with Crippen molar-refractivity contribution in [2.24, 2.45) is 0 Å². The van der Waals surface area contributed by atoms with Crippen LogP contribution in [0.25, 0.3) is 0 Å². The van der Waals surface area contributed by atoms with Crippen LogP contribution in [0.2, 0.25) is 0 Å². The van der Waals surface area contributed by atoms with Crippen LogP contribution in [0, 0.1) is 5.82 Å². The molecule has 160 valence electrons. The van der Waals surface area contributed by atoms with Crippen molar-refractivity contribution in [2.45, 2.75) is 24.3 Å². The minimum absolute atomic E-state index is 0.273. The molecule has 1 atom stereocenters. The SMILES string of the molecule is CCNSc1ccc(NC(=O)C(Cc2ccccc2)NC(=O)c2ccc(F)cc2)nc1. The highest BCUT2D eigenvalue weighted by atomic mass is 32.2. The number of halogens is 1. The van der Waals surface area contributed by atoms with Crippen molar-refractivity contribution in [2.75, 3.05) is 11.9 Å². The van der Waals surface area contributed by atoms with Crippen LogP contribution in [0.4, 0.5) is 10.2 Å². The fraction of sp³-hybridized carbons (Fsp3) is 0.174. The lowest BCUT2D eigenvalue weighted by Crippen LogP contribution is -2.45.